The second-order valence-corrected chi connectivity index (χ2v) is 8.54. The highest BCUT2D eigenvalue weighted by Gasteiger charge is 2.35. The van der Waals surface area contributed by atoms with Gasteiger partial charge in [-0.2, -0.15) is 0 Å². The third kappa shape index (κ3) is 4.46. The summed E-state index contributed by atoms with van der Waals surface area (Å²) < 4.78 is 5.86. The van der Waals surface area contributed by atoms with Crippen LogP contribution in [0.15, 0.2) is 58.9 Å². The predicted molar refractivity (Wildman–Crippen MR) is 122 cm³/mol. The number of hydrogen-bond acceptors (Lipinski definition) is 8. The number of anilines is 1. The maximum Gasteiger partial charge on any atom is 0.273 e. The van der Waals surface area contributed by atoms with E-state index >= 15 is 0 Å². The Morgan fingerprint density at radius 3 is 2.81 bits per heavy atom. The fraction of sp³-hybridized carbons (Fsp3) is 0.0500. The number of nitro groups is 1. The summed E-state index contributed by atoms with van der Waals surface area (Å²) in [4.78, 5) is 29.1. The van der Waals surface area contributed by atoms with E-state index in [1.54, 1.807) is 23.7 Å². The second-order valence-electron chi connectivity index (χ2n) is 6.23. The molecule has 31 heavy (non-hydrogen) atoms. The number of hydrogen-bond donors (Lipinski definition) is 1. The number of carbonyl (C=O) groups is 1. The molecule has 0 spiro atoms. The molecule has 1 aliphatic rings. The number of amides is 1. The van der Waals surface area contributed by atoms with Gasteiger partial charge < -0.3 is 4.74 Å². The number of aromatic nitrogens is 1. The quantitative estimate of drug-likeness (QED) is 0.294. The molecule has 0 saturated carbocycles. The van der Waals surface area contributed by atoms with Crippen molar-refractivity contribution in [2.75, 3.05) is 4.90 Å². The summed E-state index contributed by atoms with van der Waals surface area (Å²) in [7, 11) is 0. The number of nitro benzene ring substituents is 1. The van der Waals surface area contributed by atoms with Crippen molar-refractivity contribution in [3.63, 3.8) is 0 Å². The van der Waals surface area contributed by atoms with Crippen LogP contribution in [0.3, 0.4) is 0 Å². The van der Waals surface area contributed by atoms with Crippen LogP contribution in [0, 0.1) is 15.5 Å². The summed E-state index contributed by atoms with van der Waals surface area (Å²) in [6, 6.07) is 11.3. The molecule has 11 heteroatoms. The van der Waals surface area contributed by atoms with E-state index < -0.39 is 10.8 Å². The number of carbonyl (C=O) groups excluding carboxylic acids is 1. The van der Waals surface area contributed by atoms with Gasteiger partial charge in [-0.15, -0.1) is 11.3 Å². The molecule has 2 aromatic carbocycles. The molecule has 0 atom stereocenters. The summed E-state index contributed by atoms with van der Waals surface area (Å²) in [5.74, 6) is -0.0702. The topological polar surface area (TPSA) is 109 Å². The molecule has 1 N–H and O–H groups in total. The van der Waals surface area contributed by atoms with Crippen molar-refractivity contribution in [2.45, 2.75) is 6.61 Å². The van der Waals surface area contributed by atoms with Crippen LogP contribution in [0.5, 0.6) is 5.75 Å². The van der Waals surface area contributed by atoms with Crippen molar-refractivity contribution in [3.8, 4) is 5.75 Å². The Morgan fingerprint density at radius 2 is 2.10 bits per heavy atom. The number of rotatable bonds is 6. The first kappa shape index (κ1) is 21.0. The number of thioether (sulfide) groups is 1. The van der Waals surface area contributed by atoms with Gasteiger partial charge in [-0.25, -0.2) is 9.88 Å². The van der Waals surface area contributed by atoms with E-state index in [2.05, 4.69) is 4.98 Å². The summed E-state index contributed by atoms with van der Waals surface area (Å²) in [5, 5.41) is 22.0. The van der Waals surface area contributed by atoms with Gasteiger partial charge in [0, 0.05) is 39.9 Å². The monoisotopic (exact) mass is 472 g/mol. The molecule has 3 aromatic rings. The van der Waals surface area contributed by atoms with Crippen LogP contribution in [0.1, 0.15) is 11.1 Å². The Morgan fingerprint density at radius 1 is 1.29 bits per heavy atom. The van der Waals surface area contributed by atoms with Crippen LogP contribution in [0.2, 0.25) is 5.02 Å². The van der Waals surface area contributed by atoms with Crippen molar-refractivity contribution in [1.82, 2.24) is 4.98 Å². The van der Waals surface area contributed by atoms with Gasteiger partial charge >= 0.3 is 0 Å². The largest absolute Gasteiger partial charge is 0.488 e. The van der Waals surface area contributed by atoms with Gasteiger partial charge in [0.25, 0.3) is 11.6 Å². The number of amidine groups is 1. The SMILES string of the molecule is N=C1S/C(=C\c2cc([N+](=O)[O-])ccc2OCc2ccccc2Cl)C(=O)N1c1nccs1. The van der Waals surface area contributed by atoms with Crippen LogP contribution in [-0.2, 0) is 11.4 Å². The lowest BCUT2D eigenvalue weighted by Gasteiger charge is -2.11. The molecule has 1 aromatic heterocycles. The highest BCUT2D eigenvalue weighted by atomic mass is 35.5. The van der Waals surface area contributed by atoms with E-state index in [1.165, 1.54) is 40.5 Å². The van der Waals surface area contributed by atoms with Crippen molar-refractivity contribution >= 4 is 62.7 Å². The van der Waals surface area contributed by atoms with Gasteiger partial charge in [-0.05, 0) is 30.0 Å². The molecule has 0 radical (unpaired) electrons. The van der Waals surface area contributed by atoms with E-state index in [4.69, 9.17) is 21.7 Å². The zero-order chi connectivity index (χ0) is 22.0. The molecule has 1 amide bonds. The first-order valence-corrected chi connectivity index (χ1v) is 10.9. The third-order valence-corrected chi connectivity index (χ3v) is 6.28. The minimum absolute atomic E-state index is 0.00941. The molecule has 1 saturated heterocycles. The van der Waals surface area contributed by atoms with E-state index in [0.29, 0.717) is 21.5 Å². The van der Waals surface area contributed by atoms with Crippen molar-refractivity contribution < 1.29 is 14.5 Å². The minimum atomic E-state index is -0.520. The van der Waals surface area contributed by atoms with Gasteiger partial charge in [0.1, 0.15) is 12.4 Å². The van der Waals surface area contributed by atoms with Gasteiger partial charge in [0.15, 0.2) is 10.3 Å². The molecule has 0 unspecified atom stereocenters. The van der Waals surface area contributed by atoms with E-state index in [0.717, 1.165) is 17.3 Å². The first-order valence-electron chi connectivity index (χ1n) is 8.80. The Kier molecular flexibility index (Phi) is 6.03. The number of nitrogens with one attached hydrogen (secondary N) is 1. The number of benzene rings is 2. The van der Waals surface area contributed by atoms with Crippen LogP contribution < -0.4 is 9.64 Å². The van der Waals surface area contributed by atoms with E-state index in [-0.39, 0.29) is 22.4 Å². The molecule has 1 aliphatic heterocycles. The minimum Gasteiger partial charge on any atom is -0.488 e. The Bertz CT molecular complexity index is 1210. The molecule has 8 nitrogen and oxygen atoms in total. The maximum atomic E-state index is 12.8. The van der Waals surface area contributed by atoms with Crippen molar-refractivity contribution in [2.24, 2.45) is 0 Å². The number of nitrogens with zero attached hydrogens (tertiary/aromatic N) is 3. The fourth-order valence-corrected chi connectivity index (χ4v) is 4.52. The fourth-order valence-electron chi connectivity index (χ4n) is 2.79. The lowest BCUT2D eigenvalue weighted by Crippen LogP contribution is -2.27. The highest BCUT2D eigenvalue weighted by molar-refractivity contribution is 8.19. The number of halogens is 1. The van der Waals surface area contributed by atoms with Crippen molar-refractivity contribution in [3.05, 3.63) is 85.2 Å². The molecule has 2 heterocycles. The Hall–Kier alpha value is -3.21. The zero-order valence-corrected chi connectivity index (χ0v) is 18.0. The predicted octanol–water partition coefficient (Wildman–Crippen LogP) is 5.34. The maximum absolute atomic E-state index is 12.8. The molecule has 1 fully saturated rings. The molecular weight excluding hydrogens is 460 g/mol. The van der Waals surface area contributed by atoms with Crippen LogP contribution in [-0.4, -0.2) is 21.0 Å². The number of ether oxygens (including phenoxy) is 1. The molecule has 0 bridgehead atoms. The van der Waals surface area contributed by atoms with E-state index in [9.17, 15) is 14.9 Å². The Labute approximate surface area is 189 Å². The standard InChI is InChI=1S/C20H13ClN4O4S2/c21-15-4-2-1-3-12(15)11-29-16-6-5-14(25(27)28)9-13(16)10-17-18(26)24(19(22)31-17)20-23-7-8-30-20/h1-10,22H,11H2/b17-10-,22-19?. The second kappa shape index (κ2) is 8.88. The normalized spacial score (nSPS) is 15.0. The van der Waals surface area contributed by atoms with Gasteiger partial charge in [0.2, 0.25) is 0 Å². The Balaban J connectivity index is 1.67. The number of thiazole rings is 1. The molecule has 156 valence electrons. The highest BCUT2D eigenvalue weighted by Crippen LogP contribution is 2.38. The molecule has 4 rings (SSSR count). The molecule has 0 aliphatic carbocycles. The number of non-ortho nitro benzene ring substituents is 1. The molecular formula is C20H13ClN4O4S2. The summed E-state index contributed by atoms with van der Waals surface area (Å²) in [5.41, 5.74) is 0.967. The van der Waals surface area contributed by atoms with Gasteiger partial charge in [0.05, 0.1) is 9.83 Å². The summed E-state index contributed by atoms with van der Waals surface area (Å²) >= 11 is 8.37. The first-order chi connectivity index (χ1) is 14.9. The average molecular weight is 473 g/mol. The summed E-state index contributed by atoms with van der Waals surface area (Å²) in [6.45, 7) is 0.149. The third-order valence-electron chi connectivity index (χ3n) is 4.27. The van der Waals surface area contributed by atoms with Crippen LogP contribution in [0.25, 0.3) is 6.08 Å². The lowest BCUT2D eigenvalue weighted by molar-refractivity contribution is -0.384. The van der Waals surface area contributed by atoms with E-state index in [1.807, 2.05) is 12.1 Å². The van der Waals surface area contributed by atoms with Crippen LogP contribution >= 0.6 is 34.7 Å². The average Bonchev–Trinajstić information content (AvgIpc) is 3.36. The zero-order valence-electron chi connectivity index (χ0n) is 15.6. The lowest BCUT2D eigenvalue weighted by atomic mass is 10.1. The van der Waals surface area contributed by atoms with Gasteiger partial charge in [-0.3, -0.25) is 20.3 Å². The van der Waals surface area contributed by atoms with Crippen molar-refractivity contribution in [1.29, 1.82) is 5.41 Å². The summed E-state index contributed by atoms with van der Waals surface area (Å²) in [6.07, 6.45) is 3.04. The van der Waals surface area contributed by atoms with Crippen LogP contribution in [0.4, 0.5) is 10.8 Å². The van der Waals surface area contributed by atoms with Gasteiger partial charge in [-0.1, -0.05) is 29.8 Å². The smallest absolute Gasteiger partial charge is 0.273 e.